The van der Waals surface area contributed by atoms with E-state index < -0.39 is 90.4 Å². The zero-order chi connectivity index (χ0) is 40.0. The Bertz CT molecular complexity index is 1360. The molecule has 0 radical (unpaired) electrons. The molecule has 3 fully saturated rings. The quantitative estimate of drug-likeness (QED) is 0.224. The number of carbonyl (C=O) groups excluding carboxylic acids is 6. The van der Waals surface area contributed by atoms with Crippen LogP contribution in [0.3, 0.4) is 0 Å². The average molecular weight is 760 g/mol. The van der Waals surface area contributed by atoms with Gasteiger partial charge in [-0.3, -0.25) is 14.4 Å². The second kappa shape index (κ2) is 17.3. The van der Waals surface area contributed by atoms with E-state index in [0.717, 1.165) is 0 Å². The molecule has 0 spiro atoms. The predicted molar refractivity (Wildman–Crippen MR) is 195 cm³/mol. The van der Waals surface area contributed by atoms with Gasteiger partial charge in [0.2, 0.25) is 0 Å². The summed E-state index contributed by atoms with van der Waals surface area (Å²) >= 11 is 0. The van der Waals surface area contributed by atoms with E-state index in [1.54, 1.807) is 62.3 Å². The lowest BCUT2D eigenvalue weighted by atomic mass is 10.1. The van der Waals surface area contributed by atoms with Gasteiger partial charge in [0.1, 0.15) is 52.2 Å². The molecule has 3 atom stereocenters. The van der Waals surface area contributed by atoms with Gasteiger partial charge in [-0.2, -0.15) is 0 Å². The summed E-state index contributed by atoms with van der Waals surface area (Å²) in [6, 6.07) is 2.24. The third kappa shape index (κ3) is 12.2. The minimum Gasteiger partial charge on any atom is -0.483 e. The number of likely N-dealkylation sites (tertiary alicyclic amines) is 3. The molecule has 1 aromatic rings. The van der Waals surface area contributed by atoms with Crippen molar-refractivity contribution in [1.82, 2.24) is 14.7 Å². The van der Waals surface area contributed by atoms with Crippen LogP contribution in [0.15, 0.2) is 18.2 Å². The second-order valence-electron chi connectivity index (χ2n) is 16.8. The molecule has 0 aromatic heterocycles. The van der Waals surface area contributed by atoms with Crippen LogP contribution in [0.5, 0.6) is 17.2 Å². The Morgan fingerprint density at radius 3 is 0.944 bits per heavy atom. The van der Waals surface area contributed by atoms with Gasteiger partial charge in [0.25, 0.3) is 17.7 Å². The first-order valence-corrected chi connectivity index (χ1v) is 18.7. The number of amides is 3. The Morgan fingerprint density at radius 1 is 0.481 bits per heavy atom. The fourth-order valence-corrected chi connectivity index (χ4v) is 6.52. The van der Waals surface area contributed by atoms with Gasteiger partial charge in [0.05, 0.1) is 0 Å². The normalized spacial score (nSPS) is 20.4. The largest absolute Gasteiger partial charge is 0.483 e. The molecular weight excluding hydrogens is 702 g/mol. The molecule has 0 aliphatic carbocycles. The van der Waals surface area contributed by atoms with Crippen LogP contribution >= 0.6 is 0 Å². The molecule has 3 aliphatic heterocycles. The molecule has 3 aliphatic rings. The lowest BCUT2D eigenvalue weighted by Gasteiger charge is -2.27. The summed E-state index contributed by atoms with van der Waals surface area (Å²) in [5.41, 5.74) is -2.12. The lowest BCUT2D eigenvalue weighted by Crippen LogP contribution is -2.45. The molecule has 4 rings (SSSR count). The molecule has 3 saturated heterocycles. The summed E-state index contributed by atoms with van der Waals surface area (Å²) in [5, 5.41) is 0. The van der Waals surface area contributed by atoms with Crippen LogP contribution in [0, 0.1) is 0 Å². The van der Waals surface area contributed by atoms with E-state index in [2.05, 4.69) is 0 Å². The maximum Gasteiger partial charge on any atom is 0.329 e. The first kappa shape index (κ1) is 42.2. The highest BCUT2D eigenvalue weighted by Crippen LogP contribution is 2.30. The van der Waals surface area contributed by atoms with Gasteiger partial charge in [-0.25, -0.2) is 14.4 Å². The second-order valence-corrected chi connectivity index (χ2v) is 16.8. The van der Waals surface area contributed by atoms with Crippen LogP contribution < -0.4 is 14.2 Å². The monoisotopic (exact) mass is 759 g/mol. The Hall–Kier alpha value is -4.56. The number of nitrogens with zero attached hydrogens (tertiary/aromatic N) is 3. The molecule has 3 unspecified atom stereocenters. The van der Waals surface area contributed by atoms with Gasteiger partial charge in [-0.15, -0.1) is 0 Å². The fraction of sp³-hybridized carbons (Fsp3) is 0.692. The number of esters is 3. The van der Waals surface area contributed by atoms with E-state index >= 15 is 0 Å². The van der Waals surface area contributed by atoms with Crippen molar-refractivity contribution in [3.63, 3.8) is 0 Å². The minimum absolute atomic E-state index is 0.143. The highest BCUT2D eigenvalue weighted by molar-refractivity contribution is 5.87. The maximum atomic E-state index is 13.3. The number of hydrogen-bond donors (Lipinski definition) is 0. The number of hydrogen-bond acceptors (Lipinski definition) is 12. The van der Waals surface area contributed by atoms with Crippen molar-refractivity contribution < 1.29 is 57.2 Å². The molecule has 0 saturated carbocycles. The zero-order valence-electron chi connectivity index (χ0n) is 33.2. The van der Waals surface area contributed by atoms with Gasteiger partial charge in [-0.1, -0.05) is 0 Å². The van der Waals surface area contributed by atoms with Gasteiger partial charge < -0.3 is 43.1 Å². The van der Waals surface area contributed by atoms with E-state index in [1.165, 1.54) is 32.9 Å². The summed E-state index contributed by atoms with van der Waals surface area (Å²) in [7, 11) is 0. The molecule has 54 heavy (non-hydrogen) atoms. The van der Waals surface area contributed by atoms with E-state index in [4.69, 9.17) is 28.4 Å². The molecule has 3 amide bonds. The van der Waals surface area contributed by atoms with Crippen LogP contribution in [0.2, 0.25) is 0 Å². The summed E-state index contributed by atoms with van der Waals surface area (Å²) < 4.78 is 34.2. The first-order valence-electron chi connectivity index (χ1n) is 18.7. The van der Waals surface area contributed by atoms with Gasteiger partial charge in [0, 0.05) is 37.8 Å². The van der Waals surface area contributed by atoms with Crippen LogP contribution in [-0.4, -0.2) is 125 Å². The van der Waals surface area contributed by atoms with E-state index in [0.29, 0.717) is 58.2 Å². The fourth-order valence-electron chi connectivity index (χ4n) is 6.52. The van der Waals surface area contributed by atoms with Crippen molar-refractivity contribution in [2.24, 2.45) is 0 Å². The smallest absolute Gasteiger partial charge is 0.329 e. The summed E-state index contributed by atoms with van der Waals surface area (Å²) in [6.45, 7) is 15.7. The van der Waals surface area contributed by atoms with Crippen LogP contribution in [0.25, 0.3) is 0 Å². The standard InChI is InChI=1S/C39H57N3O12/c1-37(2,3)52-34(46)28-13-10-16-40(28)31(43)22-49-25-19-26(50-23-32(44)41-17-11-14-29(41)35(47)53-38(4,5)6)21-27(20-25)51-24-33(45)42-18-12-15-30(42)36(48)54-39(7,8)9/h19-21,28-30H,10-18,22-24H2,1-9H3. The van der Waals surface area contributed by atoms with Crippen molar-refractivity contribution >= 4 is 35.6 Å². The molecule has 0 bridgehead atoms. The van der Waals surface area contributed by atoms with Crippen molar-refractivity contribution in [2.75, 3.05) is 39.5 Å². The molecule has 15 heteroatoms. The number of carbonyl (C=O) groups is 6. The lowest BCUT2D eigenvalue weighted by molar-refractivity contribution is -0.164. The van der Waals surface area contributed by atoms with Crippen LogP contribution in [-0.2, 0) is 43.0 Å². The third-order valence-electron chi connectivity index (χ3n) is 8.70. The van der Waals surface area contributed by atoms with Gasteiger partial charge in [0.15, 0.2) is 19.8 Å². The van der Waals surface area contributed by atoms with Crippen molar-refractivity contribution in [3.8, 4) is 17.2 Å². The number of benzene rings is 1. The topological polar surface area (TPSA) is 168 Å². The molecule has 15 nitrogen and oxygen atoms in total. The molecular formula is C39H57N3O12. The van der Waals surface area contributed by atoms with Crippen LogP contribution in [0.4, 0.5) is 0 Å². The minimum atomic E-state index is -0.726. The SMILES string of the molecule is CC(C)(C)OC(=O)C1CCCN1C(=O)COc1cc(OCC(=O)N2CCCC2C(=O)OC(C)(C)C)cc(OCC(=O)N2CCCC2C(=O)OC(C)(C)C)c1. The molecule has 0 N–H and O–H groups in total. The average Bonchev–Trinajstić information content (AvgIpc) is 3.83. The van der Waals surface area contributed by atoms with Crippen molar-refractivity contribution in [1.29, 1.82) is 0 Å². The van der Waals surface area contributed by atoms with Gasteiger partial charge in [-0.05, 0) is 101 Å². The molecule has 1 aromatic carbocycles. The molecule has 3 heterocycles. The Labute approximate surface area is 317 Å². The Kier molecular flexibility index (Phi) is 13.5. The van der Waals surface area contributed by atoms with Gasteiger partial charge >= 0.3 is 17.9 Å². The van der Waals surface area contributed by atoms with E-state index in [9.17, 15) is 28.8 Å². The Balaban J connectivity index is 1.47. The van der Waals surface area contributed by atoms with Crippen molar-refractivity contribution in [2.45, 2.75) is 136 Å². The van der Waals surface area contributed by atoms with Crippen molar-refractivity contribution in [3.05, 3.63) is 18.2 Å². The van der Waals surface area contributed by atoms with E-state index in [1.807, 2.05) is 0 Å². The zero-order valence-corrected chi connectivity index (χ0v) is 33.2. The summed E-state index contributed by atoms with van der Waals surface area (Å²) in [4.78, 5) is 82.7. The maximum absolute atomic E-state index is 13.3. The summed E-state index contributed by atoms with van der Waals surface area (Å²) in [6.07, 6.45) is 3.33. The highest BCUT2D eigenvalue weighted by atomic mass is 16.6. The molecule has 300 valence electrons. The highest BCUT2D eigenvalue weighted by Gasteiger charge is 2.39. The summed E-state index contributed by atoms with van der Waals surface area (Å²) in [5.74, 6) is -2.28. The number of ether oxygens (including phenoxy) is 6. The number of rotatable bonds is 12. The third-order valence-corrected chi connectivity index (χ3v) is 8.70. The van der Waals surface area contributed by atoms with E-state index in [-0.39, 0.29) is 17.2 Å². The predicted octanol–water partition coefficient (Wildman–Crippen LogP) is 3.82. The van der Waals surface area contributed by atoms with Crippen LogP contribution in [0.1, 0.15) is 101 Å². The Morgan fingerprint density at radius 2 is 0.722 bits per heavy atom. The first-order chi connectivity index (χ1) is 25.1.